The summed E-state index contributed by atoms with van der Waals surface area (Å²) in [5, 5.41) is 6.55. The average Bonchev–Trinajstić information content (AvgIpc) is 3.32. The van der Waals surface area contributed by atoms with Crippen molar-refractivity contribution in [2.24, 2.45) is 0 Å². The fourth-order valence-electron chi connectivity index (χ4n) is 4.56. The predicted octanol–water partition coefficient (Wildman–Crippen LogP) is 5.29. The number of amides is 3. The van der Waals surface area contributed by atoms with Gasteiger partial charge >= 0.3 is 6.03 Å². The molecule has 1 atom stereocenters. The number of nitrogens with zero attached hydrogens (tertiary/aromatic N) is 2. The molecule has 168 valence electrons. The Morgan fingerprint density at radius 3 is 2.42 bits per heavy atom. The second-order valence-electron chi connectivity index (χ2n) is 8.41. The molecule has 5 rings (SSSR count). The Morgan fingerprint density at radius 1 is 0.939 bits per heavy atom. The summed E-state index contributed by atoms with van der Waals surface area (Å²) in [7, 11) is 0. The fraction of sp³-hybridized carbons (Fsp3) is 0.231. The van der Waals surface area contributed by atoms with Gasteiger partial charge in [0, 0.05) is 41.9 Å². The number of anilines is 3. The van der Waals surface area contributed by atoms with E-state index in [0.717, 1.165) is 36.3 Å². The van der Waals surface area contributed by atoms with Crippen molar-refractivity contribution < 1.29 is 9.59 Å². The van der Waals surface area contributed by atoms with Gasteiger partial charge in [-0.1, -0.05) is 35.9 Å². The maximum Gasteiger partial charge on any atom is 0.326 e. The minimum Gasteiger partial charge on any atom is -0.365 e. The first-order valence-electron chi connectivity index (χ1n) is 11.2. The van der Waals surface area contributed by atoms with E-state index in [1.54, 1.807) is 36.4 Å². The van der Waals surface area contributed by atoms with Gasteiger partial charge < -0.3 is 15.5 Å². The predicted molar refractivity (Wildman–Crippen MR) is 132 cm³/mol. The topological polar surface area (TPSA) is 64.7 Å². The standard InChI is InChI=1S/C26H25ClN4O2/c27-20-11-7-18(8-12-20)16-28-25(32)19-9-13-21(14-10-19)29-26(33)31-17-22-4-3-15-30(22)23-5-1-2-6-24(23)31/h1-2,5-14,22H,3-4,15-17H2,(H,28,32)(H,29,33)/t22-/m1/s1. The molecule has 0 aliphatic carbocycles. The van der Waals surface area contributed by atoms with Crippen LogP contribution in [0, 0.1) is 0 Å². The number of carbonyl (C=O) groups excluding carboxylic acids is 2. The van der Waals surface area contributed by atoms with Crippen molar-refractivity contribution in [1.29, 1.82) is 0 Å². The summed E-state index contributed by atoms with van der Waals surface area (Å²) < 4.78 is 0. The second kappa shape index (κ2) is 9.16. The molecule has 3 aromatic carbocycles. The Morgan fingerprint density at radius 2 is 1.67 bits per heavy atom. The fourth-order valence-corrected chi connectivity index (χ4v) is 4.69. The zero-order chi connectivity index (χ0) is 22.8. The number of para-hydroxylation sites is 2. The van der Waals surface area contributed by atoms with Crippen LogP contribution < -0.4 is 20.4 Å². The molecule has 0 aromatic heterocycles. The maximum absolute atomic E-state index is 13.1. The van der Waals surface area contributed by atoms with Crippen LogP contribution in [0.5, 0.6) is 0 Å². The van der Waals surface area contributed by atoms with Crippen LogP contribution in [-0.4, -0.2) is 31.1 Å². The molecule has 1 fully saturated rings. The highest BCUT2D eigenvalue weighted by Gasteiger charge is 2.36. The van der Waals surface area contributed by atoms with E-state index >= 15 is 0 Å². The SMILES string of the molecule is O=C(NCc1ccc(Cl)cc1)c1ccc(NC(=O)N2C[C@H]3CCCN3c3ccccc32)cc1. The lowest BCUT2D eigenvalue weighted by Gasteiger charge is -2.40. The molecule has 0 saturated carbocycles. The first-order chi connectivity index (χ1) is 16.1. The highest BCUT2D eigenvalue weighted by Crippen LogP contribution is 2.39. The van der Waals surface area contributed by atoms with Crippen molar-refractivity contribution in [1.82, 2.24) is 5.32 Å². The lowest BCUT2D eigenvalue weighted by atomic mass is 10.1. The van der Waals surface area contributed by atoms with Crippen LogP contribution in [0.15, 0.2) is 72.8 Å². The Bertz CT molecular complexity index is 1160. The van der Waals surface area contributed by atoms with E-state index in [4.69, 9.17) is 11.6 Å². The molecule has 2 N–H and O–H groups in total. The van der Waals surface area contributed by atoms with E-state index in [9.17, 15) is 9.59 Å². The van der Waals surface area contributed by atoms with Gasteiger partial charge in [-0.05, 0) is 66.9 Å². The van der Waals surface area contributed by atoms with Crippen LogP contribution in [0.2, 0.25) is 5.02 Å². The summed E-state index contributed by atoms with van der Waals surface area (Å²) in [6.45, 7) is 2.13. The molecule has 3 amide bonds. The highest BCUT2D eigenvalue weighted by atomic mass is 35.5. The van der Waals surface area contributed by atoms with Crippen molar-refractivity contribution in [3.05, 3.63) is 88.9 Å². The van der Waals surface area contributed by atoms with Crippen molar-refractivity contribution in [3.63, 3.8) is 0 Å². The lowest BCUT2D eigenvalue weighted by molar-refractivity contribution is 0.0951. The number of fused-ring (bicyclic) bond motifs is 3. The number of rotatable bonds is 4. The molecule has 0 radical (unpaired) electrons. The van der Waals surface area contributed by atoms with Crippen molar-refractivity contribution >= 4 is 40.6 Å². The number of halogens is 1. The zero-order valence-corrected chi connectivity index (χ0v) is 18.9. The first-order valence-corrected chi connectivity index (χ1v) is 11.5. The molecule has 0 bridgehead atoms. The van der Waals surface area contributed by atoms with Gasteiger partial charge in [-0.15, -0.1) is 0 Å². The number of nitrogens with one attached hydrogen (secondary N) is 2. The summed E-state index contributed by atoms with van der Waals surface area (Å²) in [5.41, 5.74) is 4.21. The van der Waals surface area contributed by atoms with Gasteiger partial charge in [-0.3, -0.25) is 9.69 Å². The highest BCUT2D eigenvalue weighted by molar-refractivity contribution is 6.30. The van der Waals surface area contributed by atoms with E-state index in [2.05, 4.69) is 21.6 Å². The molecular formula is C26H25ClN4O2. The maximum atomic E-state index is 13.1. The molecule has 6 nitrogen and oxygen atoms in total. The normalized spacial score (nSPS) is 16.7. The molecule has 2 heterocycles. The lowest BCUT2D eigenvalue weighted by Crippen LogP contribution is -2.49. The van der Waals surface area contributed by atoms with E-state index in [0.29, 0.717) is 35.4 Å². The van der Waals surface area contributed by atoms with Gasteiger partial charge in [0.1, 0.15) is 0 Å². The van der Waals surface area contributed by atoms with Gasteiger partial charge in [-0.25, -0.2) is 4.79 Å². The van der Waals surface area contributed by atoms with Crippen LogP contribution in [0.4, 0.5) is 21.9 Å². The first kappa shape index (κ1) is 21.3. The van der Waals surface area contributed by atoms with Crippen molar-refractivity contribution in [3.8, 4) is 0 Å². The van der Waals surface area contributed by atoms with Crippen molar-refractivity contribution in [2.75, 3.05) is 28.2 Å². The Hall–Kier alpha value is -3.51. The Labute approximate surface area is 198 Å². The number of benzene rings is 3. The van der Waals surface area contributed by atoms with E-state index in [1.807, 2.05) is 35.2 Å². The summed E-state index contributed by atoms with van der Waals surface area (Å²) in [5.74, 6) is -0.172. The van der Waals surface area contributed by atoms with Crippen LogP contribution >= 0.6 is 11.6 Å². The van der Waals surface area contributed by atoms with Gasteiger partial charge in [-0.2, -0.15) is 0 Å². The summed E-state index contributed by atoms with van der Waals surface area (Å²) in [4.78, 5) is 29.8. The van der Waals surface area contributed by atoms with E-state index in [-0.39, 0.29) is 11.9 Å². The molecule has 33 heavy (non-hydrogen) atoms. The smallest absolute Gasteiger partial charge is 0.326 e. The summed E-state index contributed by atoms with van der Waals surface area (Å²) >= 11 is 5.90. The van der Waals surface area contributed by atoms with Crippen molar-refractivity contribution in [2.45, 2.75) is 25.4 Å². The van der Waals surface area contributed by atoms with Crippen LogP contribution in [0.25, 0.3) is 0 Å². The molecule has 7 heteroatoms. The Balaban J connectivity index is 1.23. The number of hydrogen-bond acceptors (Lipinski definition) is 3. The van der Waals surface area contributed by atoms with E-state index in [1.165, 1.54) is 0 Å². The minimum atomic E-state index is -0.172. The molecular weight excluding hydrogens is 436 g/mol. The van der Waals surface area contributed by atoms with Gasteiger partial charge in [0.2, 0.25) is 0 Å². The summed E-state index contributed by atoms with van der Waals surface area (Å²) in [6, 6.07) is 22.6. The number of hydrogen-bond donors (Lipinski definition) is 2. The molecule has 0 spiro atoms. The third-order valence-corrected chi connectivity index (χ3v) is 6.51. The van der Waals surface area contributed by atoms with E-state index < -0.39 is 0 Å². The molecule has 0 unspecified atom stereocenters. The molecule has 2 aliphatic rings. The quantitative estimate of drug-likeness (QED) is 0.556. The second-order valence-corrected chi connectivity index (χ2v) is 8.84. The number of urea groups is 1. The van der Waals surface area contributed by atoms with Crippen LogP contribution in [-0.2, 0) is 6.54 Å². The molecule has 2 aliphatic heterocycles. The zero-order valence-electron chi connectivity index (χ0n) is 18.1. The van der Waals surface area contributed by atoms with Gasteiger partial charge in [0.05, 0.1) is 11.4 Å². The third-order valence-electron chi connectivity index (χ3n) is 6.26. The molecule has 1 saturated heterocycles. The van der Waals surface area contributed by atoms with Crippen LogP contribution in [0.3, 0.4) is 0 Å². The third kappa shape index (κ3) is 4.52. The Kier molecular flexibility index (Phi) is 5.92. The number of carbonyl (C=O) groups is 2. The largest absolute Gasteiger partial charge is 0.365 e. The monoisotopic (exact) mass is 460 g/mol. The van der Waals surface area contributed by atoms with Gasteiger partial charge in [0.15, 0.2) is 0 Å². The van der Waals surface area contributed by atoms with Gasteiger partial charge in [0.25, 0.3) is 5.91 Å². The molecule has 3 aromatic rings. The summed E-state index contributed by atoms with van der Waals surface area (Å²) in [6.07, 6.45) is 2.24. The minimum absolute atomic E-state index is 0.158. The van der Waals surface area contributed by atoms with Crippen LogP contribution in [0.1, 0.15) is 28.8 Å². The average molecular weight is 461 g/mol.